The average molecular weight is 248 g/mol. The van der Waals surface area contributed by atoms with Gasteiger partial charge in [-0.3, -0.25) is 9.59 Å². The third-order valence-corrected chi connectivity index (χ3v) is 2.93. The first-order chi connectivity index (χ1) is 8.61. The van der Waals surface area contributed by atoms with Crippen LogP contribution in [-0.4, -0.2) is 25.0 Å². The summed E-state index contributed by atoms with van der Waals surface area (Å²) in [6.07, 6.45) is 0.0833. The minimum Gasteiger partial charge on any atom is -0.492 e. The van der Waals surface area contributed by atoms with E-state index in [4.69, 9.17) is 9.47 Å². The van der Waals surface area contributed by atoms with Crippen LogP contribution in [0.25, 0.3) is 0 Å². The monoisotopic (exact) mass is 248 g/mol. The van der Waals surface area contributed by atoms with Gasteiger partial charge in [0.1, 0.15) is 5.75 Å². The number of carbonyl (C=O) groups is 2. The highest BCUT2D eigenvalue weighted by molar-refractivity contribution is 6.02. The van der Waals surface area contributed by atoms with Crippen molar-refractivity contribution in [1.29, 1.82) is 0 Å². The maximum absolute atomic E-state index is 12.2. The molecule has 0 bridgehead atoms. The summed E-state index contributed by atoms with van der Waals surface area (Å²) in [7, 11) is 0. The number of hydrogen-bond acceptors (Lipinski definition) is 4. The molecule has 0 aromatic heterocycles. The quantitative estimate of drug-likeness (QED) is 0.769. The zero-order valence-electron chi connectivity index (χ0n) is 10.6. The Balaban J connectivity index is 2.13. The summed E-state index contributed by atoms with van der Waals surface area (Å²) in [5, 5.41) is 0. The van der Waals surface area contributed by atoms with Crippen molar-refractivity contribution < 1.29 is 19.1 Å². The Morgan fingerprint density at radius 2 is 2.28 bits per heavy atom. The molecule has 4 nitrogen and oxygen atoms in total. The van der Waals surface area contributed by atoms with Crippen molar-refractivity contribution in [3.63, 3.8) is 0 Å². The largest absolute Gasteiger partial charge is 0.492 e. The molecule has 4 heteroatoms. The number of benzene rings is 1. The summed E-state index contributed by atoms with van der Waals surface area (Å²) >= 11 is 0. The van der Waals surface area contributed by atoms with Gasteiger partial charge in [0.15, 0.2) is 5.78 Å². The van der Waals surface area contributed by atoms with Gasteiger partial charge in [0.25, 0.3) is 0 Å². The molecule has 18 heavy (non-hydrogen) atoms. The number of esters is 1. The highest BCUT2D eigenvalue weighted by Crippen LogP contribution is 2.29. The summed E-state index contributed by atoms with van der Waals surface area (Å²) in [6, 6.07) is 5.46. The smallest absolute Gasteiger partial charge is 0.306 e. The van der Waals surface area contributed by atoms with Gasteiger partial charge in [-0.1, -0.05) is 6.07 Å². The van der Waals surface area contributed by atoms with Crippen molar-refractivity contribution in [1.82, 2.24) is 0 Å². The highest BCUT2D eigenvalue weighted by Gasteiger charge is 2.30. The maximum atomic E-state index is 12.2. The first kappa shape index (κ1) is 12.6. The lowest BCUT2D eigenvalue weighted by Crippen LogP contribution is -2.30. The molecule has 1 aliphatic rings. The summed E-state index contributed by atoms with van der Waals surface area (Å²) in [5.74, 6) is -0.210. The summed E-state index contributed by atoms with van der Waals surface area (Å²) in [6.45, 7) is 4.26. The van der Waals surface area contributed by atoms with E-state index in [1.54, 1.807) is 13.0 Å². The van der Waals surface area contributed by atoms with E-state index < -0.39 is 5.92 Å². The number of hydrogen-bond donors (Lipinski definition) is 0. The van der Waals surface area contributed by atoms with Crippen LogP contribution in [-0.2, 0) is 9.53 Å². The van der Waals surface area contributed by atoms with Crippen LogP contribution in [0, 0.1) is 12.8 Å². The van der Waals surface area contributed by atoms with Crippen LogP contribution in [0.5, 0.6) is 5.75 Å². The first-order valence-electron chi connectivity index (χ1n) is 6.05. The molecule has 0 N–H and O–H groups in total. The van der Waals surface area contributed by atoms with Crippen molar-refractivity contribution in [2.75, 3.05) is 13.2 Å². The topological polar surface area (TPSA) is 52.6 Å². The highest BCUT2D eigenvalue weighted by atomic mass is 16.5. The second kappa shape index (κ2) is 5.21. The van der Waals surface area contributed by atoms with Gasteiger partial charge >= 0.3 is 5.97 Å². The third-order valence-electron chi connectivity index (χ3n) is 2.93. The van der Waals surface area contributed by atoms with Crippen LogP contribution >= 0.6 is 0 Å². The Morgan fingerprint density at radius 3 is 3.00 bits per heavy atom. The lowest BCUT2D eigenvalue weighted by molar-refractivity contribution is -0.144. The van der Waals surface area contributed by atoms with Crippen LogP contribution in [0.2, 0.25) is 0 Å². The molecule has 0 spiro atoms. The second-order valence-corrected chi connectivity index (χ2v) is 4.38. The fourth-order valence-corrected chi connectivity index (χ4v) is 2.01. The maximum Gasteiger partial charge on any atom is 0.306 e. The van der Waals surface area contributed by atoms with Crippen molar-refractivity contribution in [2.45, 2.75) is 20.3 Å². The van der Waals surface area contributed by atoms with Gasteiger partial charge in [-0.25, -0.2) is 0 Å². The molecule has 2 rings (SSSR count). The Hall–Kier alpha value is -1.84. The predicted octanol–water partition coefficient (Wildman–Crippen LogP) is 2.14. The minimum atomic E-state index is -0.431. The van der Waals surface area contributed by atoms with Crippen LogP contribution in [0.1, 0.15) is 29.3 Å². The van der Waals surface area contributed by atoms with E-state index in [0.29, 0.717) is 17.9 Å². The molecular formula is C14H16O4. The zero-order valence-corrected chi connectivity index (χ0v) is 10.6. The van der Waals surface area contributed by atoms with E-state index >= 15 is 0 Å². The fraction of sp³-hybridized carbons (Fsp3) is 0.429. The van der Waals surface area contributed by atoms with Crippen LogP contribution in [0.4, 0.5) is 0 Å². The van der Waals surface area contributed by atoms with E-state index in [1.807, 2.05) is 19.1 Å². The molecule has 0 aliphatic carbocycles. The Labute approximate surface area is 106 Å². The normalized spacial score (nSPS) is 17.9. The summed E-state index contributed by atoms with van der Waals surface area (Å²) in [5.41, 5.74) is 1.60. The van der Waals surface area contributed by atoms with Crippen LogP contribution < -0.4 is 4.74 Å². The molecule has 0 saturated carbocycles. The summed E-state index contributed by atoms with van der Waals surface area (Å²) in [4.78, 5) is 23.6. The Kier molecular flexibility index (Phi) is 3.65. The van der Waals surface area contributed by atoms with E-state index in [-0.39, 0.29) is 24.8 Å². The van der Waals surface area contributed by atoms with Crippen molar-refractivity contribution in [3.05, 3.63) is 29.3 Å². The van der Waals surface area contributed by atoms with E-state index in [2.05, 4.69) is 0 Å². The van der Waals surface area contributed by atoms with Crippen LogP contribution in [0.3, 0.4) is 0 Å². The molecule has 0 radical (unpaired) electrons. The third kappa shape index (κ3) is 2.53. The average Bonchev–Trinajstić information content (AvgIpc) is 2.33. The molecule has 1 atom stereocenters. The Bertz CT molecular complexity index is 479. The first-order valence-corrected chi connectivity index (χ1v) is 6.05. The molecule has 96 valence electrons. The summed E-state index contributed by atoms with van der Waals surface area (Å²) < 4.78 is 10.4. The fourth-order valence-electron chi connectivity index (χ4n) is 2.01. The van der Waals surface area contributed by atoms with Gasteiger partial charge in [-0.05, 0) is 31.5 Å². The second-order valence-electron chi connectivity index (χ2n) is 4.38. The number of carbonyl (C=O) groups excluding carboxylic acids is 2. The van der Waals surface area contributed by atoms with Crippen molar-refractivity contribution in [2.24, 2.45) is 5.92 Å². The predicted molar refractivity (Wildman–Crippen MR) is 65.7 cm³/mol. The van der Waals surface area contributed by atoms with Crippen LogP contribution in [0.15, 0.2) is 18.2 Å². The van der Waals surface area contributed by atoms with Crippen molar-refractivity contribution in [3.8, 4) is 5.75 Å². The molecular weight excluding hydrogens is 232 g/mol. The molecule has 0 fully saturated rings. The van der Waals surface area contributed by atoms with E-state index in [1.165, 1.54) is 0 Å². The lowest BCUT2D eigenvalue weighted by atomic mass is 9.92. The standard InChI is InChI=1S/C14H16O4/c1-3-17-13(15)7-10-8-18-12-6-9(2)4-5-11(12)14(10)16/h4-6,10H,3,7-8H2,1-2H3/t10-/m1/s1. The number of Topliss-reactive ketones (excluding diaryl/α,β-unsaturated/α-hetero) is 1. The number of aryl methyl sites for hydroxylation is 1. The van der Waals surface area contributed by atoms with Gasteiger partial charge in [0, 0.05) is 0 Å². The molecule has 1 aliphatic heterocycles. The molecule has 1 aromatic rings. The number of ether oxygens (including phenoxy) is 2. The lowest BCUT2D eigenvalue weighted by Gasteiger charge is -2.23. The molecule has 1 aromatic carbocycles. The van der Waals surface area contributed by atoms with Gasteiger partial charge in [-0.2, -0.15) is 0 Å². The van der Waals surface area contributed by atoms with Gasteiger partial charge in [0.2, 0.25) is 0 Å². The van der Waals surface area contributed by atoms with Crippen molar-refractivity contribution >= 4 is 11.8 Å². The minimum absolute atomic E-state index is 0.0377. The number of rotatable bonds is 3. The zero-order chi connectivity index (χ0) is 13.1. The van der Waals surface area contributed by atoms with Gasteiger partial charge in [-0.15, -0.1) is 0 Å². The molecule has 0 amide bonds. The van der Waals surface area contributed by atoms with Gasteiger partial charge in [0.05, 0.1) is 31.1 Å². The van der Waals surface area contributed by atoms with Gasteiger partial charge < -0.3 is 9.47 Å². The van der Waals surface area contributed by atoms with E-state index in [9.17, 15) is 9.59 Å². The number of fused-ring (bicyclic) bond motifs is 1. The molecule has 0 saturated heterocycles. The van der Waals surface area contributed by atoms with E-state index in [0.717, 1.165) is 5.56 Å². The number of ketones is 1. The SMILES string of the molecule is CCOC(=O)C[C@@H]1COc2cc(C)ccc2C1=O. The molecule has 0 unspecified atom stereocenters. The molecule has 1 heterocycles. The Morgan fingerprint density at radius 1 is 1.50 bits per heavy atom.